The molecule has 0 aliphatic carbocycles. The molecule has 8 rings (SSSR count). The standard InChI is InChI=1S/C18H27BrO3S.C15H16N4O3S2.C12H12BrNO3S2.C5H6BrNS.C5H8N2/c1-4-6-7-14(5-2)13-22-18(20)8-9-23-17-11-15(19)10-16(12-17)21-3;1-19-8-13(18-9-19)10-3-11(22-2)5-12(4-10)24(20,21)15-7-17-14(6-16)23-15;1-3-11-14-7-12(18-11)19(15,16)10-5-8(13)4-9(6-10)17-2;1-2-5-7-3-4(6)8-5;1-5-3-7(2)4-6-5/h10-12,14H,4-9,13H2,1-3H3;3-5,7-9H,6,16H2,1-2H3;4-7H,3H2,1-2H3;3H,2H2,1H3;3-4H,1-2H3. The van der Waals surface area contributed by atoms with E-state index in [1.165, 1.54) is 67.9 Å². The first-order valence-electron chi connectivity index (χ1n) is 25.4. The van der Waals surface area contributed by atoms with Crippen LogP contribution in [-0.2, 0) is 62.7 Å². The van der Waals surface area contributed by atoms with Gasteiger partial charge in [-0.25, -0.2) is 41.8 Å². The third kappa shape index (κ3) is 22.9. The summed E-state index contributed by atoms with van der Waals surface area (Å²) in [4.78, 5) is 33.7. The minimum absolute atomic E-state index is 0.102. The van der Waals surface area contributed by atoms with Crippen LogP contribution < -0.4 is 19.9 Å². The number of hydrogen-bond acceptors (Lipinski definition) is 19. The van der Waals surface area contributed by atoms with Crippen LogP contribution in [0.15, 0.2) is 134 Å². The molecule has 0 saturated carbocycles. The average Bonchev–Trinajstić information content (AvgIpc) is 4.38. The number of nitrogens with two attached hydrogens (primary N) is 1. The number of aryl methyl sites for hydroxylation is 5. The Bertz CT molecular complexity index is 3420. The molecule has 26 heteroatoms. The quantitative estimate of drug-likeness (QED) is 0.0522. The van der Waals surface area contributed by atoms with Gasteiger partial charge < -0.3 is 33.8 Å². The zero-order valence-electron chi connectivity index (χ0n) is 46.9. The van der Waals surface area contributed by atoms with E-state index in [4.69, 9.17) is 24.7 Å². The highest BCUT2D eigenvalue weighted by molar-refractivity contribution is 9.11. The van der Waals surface area contributed by atoms with E-state index in [-0.39, 0.29) is 30.7 Å². The molecule has 17 nitrogen and oxygen atoms in total. The smallest absolute Gasteiger partial charge is 0.306 e. The molecule has 0 spiro atoms. The molecule has 8 aromatic rings. The normalized spacial score (nSPS) is 11.3. The van der Waals surface area contributed by atoms with Crippen molar-refractivity contribution in [3.05, 3.63) is 132 Å². The molecule has 81 heavy (non-hydrogen) atoms. The van der Waals surface area contributed by atoms with Gasteiger partial charge in [0.1, 0.15) is 30.7 Å². The molecule has 1 unspecified atom stereocenters. The van der Waals surface area contributed by atoms with Crippen molar-refractivity contribution in [2.24, 2.45) is 25.7 Å². The van der Waals surface area contributed by atoms with Gasteiger partial charge in [0.05, 0.1) is 101 Å². The molecule has 3 aromatic carbocycles. The fourth-order valence-corrected chi connectivity index (χ4v) is 15.4. The summed E-state index contributed by atoms with van der Waals surface area (Å²) < 4.78 is 78.6. The molecule has 0 bridgehead atoms. The molecule has 0 saturated heterocycles. The highest BCUT2D eigenvalue weighted by atomic mass is 79.9. The van der Waals surface area contributed by atoms with E-state index in [9.17, 15) is 21.6 Å². The molecule has 440 valence electrons. The Morgan fingerprint density at radius 2 is 1.22 bits per heavy atom. The predicted molar refractivity (Wildman–Crippen MR) is 336 cm³/mol. The van der Waals surface area contributed by atoms with Crippen molar-refractivity contribution in [2.75, 3.05) is 33.7 Å². The first-order valence-corrected chi connectivity index (χ1v) is 34.2. The monoisotopic (exact) mass is 1410 g/mol. The summed E-state index contributed by atoms with van der Waals surface area (Å²) in [5.41, 5.74) is 7.92. The van der Waals surface area contributed by atoms with Crippen molar-refractivity contribution in [3.63, 3.8) is 0 Å². The number of imidazole rings is 2. The van der Waals surface area contributed by atoms with Gasteiger partial charge >= 0.3 is 5.97 Å². The van der Waals surface area contributed by atoms with E-state index in [0.29, 0.717) is 56.9 Å². The first kappa shape index (κ1) is 69.0. The van der Waals surface area contributed by atoms with Gasteiger partial charge in [-0.05, 0) is 103 Å². The second kappa shape index (κ2) is 34.9. The first-order chi connectivity index (χ1) is 38.6. The van der Waals surface area contributed by atoms with Crippen LogP contribution in [0.4, 0.5) is 0 Å². The highest BCUT2D eigenvalue weighted by Gasteiger charge is 2.24. The van der Waals surface area contributed by atoms with Crippen molar-refractivity contribution < 1.29 is 40.6 Å². The van der Waals surface area contributed by atoms with Crippen molar-refractivity contribution in [1.29, 1.82) is 0 Å². The topological polar surface area (TPSA) is 223 Å². The highest BCUT2D eigenvalue weighted by Crippen LogP contribution is 2.34. The number of benzene rings is 3. The maximum absolute atomic E-state index is 12.9. The van der Waals surface area contributed by atoms with Gasteiger partial charge in [0.25, 0.3) is 0 Å². The van der Waals surface area contributed by atoms with Crippen LogP contribution in [0.1, 0.15) is 80.5 Å². The summed E-state index contributed by atoms with van der Waals surface area (Å²) in [5, 5.41) is 2.57. The number of sulfone groups is 2. The minimum Gasteiger partial charge on any atom is -0.497 e. The van der Waals surface area contributed by atoms with E-state index in [1.807, 2.05) is 69.3 Å². The Kier molecular flexibility index (Phi) is 29.8. The van der Waals surface area contributed by atoms with E-state index in [2.05, 4.69) is 93.5 Å². The number of carbonyl (C=O) groups excluding carboxylic acids is 1. The van der Waals surface area contributed by atoms with Crippen LogP contribution in [0.3, 0.4) is 0 Å². The van der Waals surface area contributed by atoms with Crippen LogP contribution in [0.5, 0.6) is 17.2 Å². The number of methoxy groups -OCH3 is 3. The number of thiazole rings is 3. The van der Waals surface area contributed by atoms with E-state index in [0.717, 1.165) is 66.6 Å². The fraction of sp³-hybridized carbons (Fsp3) is 0.382. The number of hydrogen-bond donors (Lipinski definition) is 1. The number of carbonyl (C=O) groups is 1. The lowest BCUT2D eigenvalue weighted by atomic mass is 10.0. The number of esters is 1. The van der Waals surface area contributed by atoms with Crippen molar-refractivity contribution in [3.8, 4) is 28.5 Å². The molecule has 0 amide bonds. The lowest BCUT2D eigenvalue weighted by molar-refractivity contribution is -0.144. The van der Waals surface area contributed by atoms with Crippen LogP contribution in [0.25, 0.3) is 11.3 Å². The third-order valence-electron chi connectivity index (χ3n) is 11.2. The molecule has 2 N–H and O–H groups in total. The summed E-state index contributed by atoms with van der Waals surface area (Å²) in [5.74, 6) is 2.86. The second-order valence-electron chi connectivity index (χ2n) is 17.5. The number of unbranched alkanes of at least 4 members (excludes halogenated alkanes) is 1. The summed E-state index contributed by atoms with van der Waals surface area (Å²) in [6.07, 6.45) is 18.6. The number of aromatic nitrogens is 7. The van der Waals surface area contributed by atoms with Gasteiger partial charge in [-0.3, -0.25) is 4.79 Å². The largest absolute Gasteiger partial charge is 0.497 e. The van der Waals surface area contributed by atoms with Gasteiger partial charge in [0.15, 0.2) is 0 Å². The van der Waals surface area contributed by atoms with Gasteiger partial charge in [-0.2, -0.15) is 0 Å². The molecule has 0 radical (unpaired) electrons. The van der Waals surface area contributed by atoms with Crippen LogP contribution in [0, 0.1) is 12.8 Å². The fourth-order valence-electron chi connectivity index (χ4n) is 6.86. The number of halogens is 3. The van der Waals surface area contributed by atoms with Crippen LogP contribution in [-0.4, -0.2) is 90.5 Å². The number of ether oxygens (including phenoxy) is 4. The van der Waals surface area contributed by atoms with Crippen LogP contribution >= 0.6 is 93.6 Å². The number of thioether (sulfide) groups is 1. The summed E-state index contributed by atoms with van der Waals surface area (Å²) in [6.45, 7) is 11.1. The lowest BCUT2D eigenvalue weighted by Gasteiger charge is -2.14. The van der Waals surface area contributed by atoms with Crippen molar-refractivity contribution in [2.45, 2.75) is 109 Å². The van der Waals surface area contributed by atoms with Crippen molar-refractivity contribution in [1.82, 2.24) is 34.1 Å². The zero-order valence-corrected chi connectivity index (χ0v) is 56.5. The SMILES string of the molecule is CCCCC(CC)COC(=O)CCSc1cc(Br)cc(OC)c1.CCc1ncc(Br)s1.CCc1ncc(S(=O)(=O)c2cc(Br)cc(OC)c2)s1.COc1cc(-c2cn(C)cn2)cc(S(=O)(=O)c2cnc(CN)s2)c1.Cc1cn(C)cn1. The average molecular weight is 1420 g/mol. The second-order valence-corrected chi connectivity index (χ2v) is 29.6. The Morgan fingerprint density at radius 1 is 0.679 bits per heavy atom. The lowest BCUT2D eigenvalue weighted by Crippen LogP contribution is -2.14. The van der Waals surface area contributed by atoms with Crippen molar-refractivity contribution >= 4 is 119 Å². The van der Waals surface area contributed by atoms with Gasteiger partial charge in [-0.1, -0.05) is 78.8 Å². The molecular formula is C55H69Br3N8O9S6. The maximum atomic E-state index is 12.9. The number of rotatable bonds is 21. The van der Waals surface area contributed by atoms with Gasteiger partial charge in [0, 0.05) is 58.2 Å². The van der Waals surface area contributed by atoms with E-state index >= 15 is 0 Å². The summed E-state index contributed by atoms with van der Waals surface area (Å²) in [7, 11) is 1.21. The Labute approximate surface area is 518 Å². The van der Waals surface area contributed by atoms with E-state index in [1.54, 1.807) is 71.7 Å². The third-order valence-corrected chi connectivity index (χ3v) is 21.3. The predicted octanol–water partition coefficient (Wildman–Crippen LogP) is 14.0. The Balaban J connectivity index is 0.000000232. The van der Waals surface area contributed by atoms with Gasteiger partial charge in [-0.15, -0.1) is 45.8 Å². The molecule has 5 heterocycles. The molecule has 0 aliphatic heterocycles. The molecule has 1 atom stereocenters. The Hall–Kier alpha value is -4.51. The Morgan fingerprint density at radius 3 is 1.69 bits per heavy atom. The number of nitrogens with zero attached hydrogens (tertiary/aromatic N) is 7. The molecule has 5 aromatic heterocycles. The van der Waals surface area contributed by atoms with Gasteiger partial charge in [0.2, 0.25) is 19.7 Å². The summed E-state index contributed by atoms with van der Waals surface area (Å²) in [6, 6.07) is 15.5. The zero-order chi connectivity index (χ0) is 59.7. The molecule has 0 aliphatic rings. The molecule has 0 fully saturated rings. The van der Waals surface area contributed by atoms with E-state index < -0.39 is 19.7 Å². The summed E-state index contributed by atoms with van der Waals surface area (Å²) >= 11 is 15.7. The minimum atomic E-state index is -3.70. The maximum Gasteiger partial charge on any atom is 0.306 e. The molecular weight excluding hydrogens is 1350 g/mol. The van der Waals surface area contributed by atoms with Crippen LogP contribution in [0.2, 0.25) is 0 Å².